The molecule has 0 radical (unpaired) electrons. The first kappa shape index (κ1) is 12.3. The normalized spacial score (nSPS) is 11.9. The Morgan fingerprint density at radius 2 is 2.06 bits per heavy atom. The van der Waals surface area contributed by atoms with E-state index in [1.54, 1.807) is 6.07 Å². The Balaban J connectivity index is 3.16. The van der Waals surface area contributed by atoms with Crippen molar-refractivity contribution >= 4 is 0 Å². The van der Waals surface area contributed by atoms with Crippen LogP contribution in [0.4, 0.5) is 0 Å². The minimum Gasteiger partial charge on any atom is -0.491 e. The van der Waals surface area contributed by atoms with E-state index in [0.29, 0.717) is 5.56 Å². The highest BCUT2D eigenvalue weighted by Crippen LogP contribution is 2.29. The Bertz CT molecular complexity index is 415. The average Bonchev–Trinajstić information content (AvgIpc) is 2.28. The van der Waals surface area contributed by atoms with Crippen molar-refractivity contribution in [1.82, 2.24) is 0 Å². The third kappa shape index (κ3) is 2.87. The van der Waals surface area contributed by atoms with Crippen LogP contribution in [-0.2, 0) is 0 Å². The van der Waals surface area contributed by atoms with Crippen molar-refractivity contribution in [3.63, 3.8) is 0 Å². The van der Waals surface area contributed by atoms with Gasteiger partial charge >= 0.3 is 0 Å². The SMILES string of the molecule is C=CC(C)c1cc(C#N)ccc1OC(C)C. The molecule has 1 atom stereocenters. The highest BCUT2D eigenvalue weighted by atomic mass is 16.5. The summed E-state index contributed by atoms with van der Waals surface area (Å²) in [5.74, 6) is 1.02. The van der Waals surface area contributed by atoms with Crippen LogP contribution in [0.25, 0.3) is 0 Å². The van der Waals surface area contributed by atoms with Crippen molar-refractivity contribution in [1.29, 1.82) is 5.26 Å². The molecule has 0 saturated carbocycles. The van der Waals surface area contributed by atoms with Gasteiger partial charge in [-0.05, 0) is 32.0 Å². The molecule has 0 heterocycles. The molecule has 84 valence electrons. The molecule has 0 aliphatic carbocycles. The Labute approximate surface area is 97.2 Å². The van der Waals surface area contributed by atoms with Crippen LogP contribution in [0.5, 0.6) is 5.75 Å². The summed E-state index contributed by atoms with van der Waals surface area (Å²) in [6.45, 7) is 9.79. The van der Waals surface area contributed by atoms with Crippen molar-refractivity contribution < 1.29 is 4.74 Å². The van der Waals surface area contributed by atoms with Gasteiger partial charge in [0, 0.05) is 11.5 Å². The number of rotatable bonds is 4. The summed E-state index contributed by atoms with van der Waals surface area (Å²) in [5, 5.41) is 8.87. The lowest BCUT2D eigenvalue weighted by Gasteiger charge is -2.17. The van der Waals surface area contributed by atoms with Gasteiger partial charge in [0.1, 0.15) is 5.75 Å². The molecule has 0 aliphatic heterocycles. The molecule has 0 amide bonds. The van der Waals surface area contributed by atoms with Crippen molar-refractivity contribution in [3.8, 4) is 11.8 Å². The molecule has 16 heavy (non-hydrogen) atoms. The molecule has 2 nitrogen and oxygen atoms in total. The molecule has 0 aliphatic rings. The topological polar surface area (TPSA) is 33.0 Å². The number of nitriles is 1. The summed E-state index contributed by atoms with van der Waals surface area (Å²) in [7, 11) is 0. The van der Waals surface area contributed by atoms with Crippen molar-refractivity contribution in [2.45, 2.75) is 32.8 Å². The molecule has 1 aromatic rings. The molecule has 1 rings (SSSR count). The van der Waals surface area contributed by atoms with Crippen molar-refractivity contribution in [2.24, 2.45) is 0 Å². The number of hydrogen-bond donors (Lipinski definition) is 0. The fourth-order valence-corrected chi connectivity index (χ4v) is 1.46. The van der Waals surface area contributed by atoms with Gasteiger partial charge in [-0.2, -0.15) is 5.26 Å². The Morgan fingerprint density at radius 3 is 2.56 bits per heavy atom. The van der Waals surface area contributed by atoms with Crippen LogP contribution >= 0.6 is 0 Å². The molecule has 2 heteroatoms. The maximum absolute atomic E-state index is 8.87. The second-order valence-corrected chi connectivity index (χ2v) is 4.06. The van der Waals surface area contributed by atoms with E-state index in [4.69, 9.17) is 10.00 Å². The maximum atomic E-state index is 8.87. The first-order valence-corrected chi connectivity index (χ1v) is 5.41. The number of benzene rings is 1. The van der Waals surface area contributed by atoms with Crippen molar-refractivity contribution in [2.75, 3.05) is 0 Å². The third-order valence-corrected chi connectivity index (χ3v) is 2.35. The number of hydrogen-bond acceptors (Lipinski definition) is 2. The smallest absolute Gasteiger partial charge is 0.123 e. The quantitative estimate of drug-likeness (QED) is 0.718. The fraction of sp³-hybridized carbons (Fsp3) is 0.357. The first-order chi connectivity index (χ1) is 7.58. The molecule has 0 fully saturated rings. The third-order valence-electron chi connectivity index (χ3n) is 2.35. The Morgan fingerprint density at radius 1 is 1.38 bits per heavy atom. The van der Waals surface area contributed by atoms with Gasteiger partial charge in [0.05, 0.1) is 17.7 Å². The lowest BCUT2D eigenvalue weighted by atomic mass is 9.98. The van der Waals surface area contributed by atoms with Crippen LogP contribution in [0.2, 0.25) is 0 Å². The summed E-state index contributed by atoms with van der Waals surface area (Å²) in [6, 6.07) is 7.63. The van der Waals surface area contributed by atoms with Crippen LogP contribution in [0.1, 0.15) is 37.8 Å². The fourth-order valence-electron chi connectivity index (χ4n) is 1.46. The van der Waals surface area contributed by atoms with Gasteiger partial charge < -0.3 is 4.74 Å². The van der Waals surface area contributed by atoms with E-state index in [1.807, 2.05) is 39.0 Å². The zero-order valence-electron chi connectivity index (χ0n) is 10.0. The van der Waals surface area contributed by atoms with Gasteiger partial charge in [-0.25, -0.2) is 0 Å². The zero-order valence-corrected chi connectivity index (χ0v) is 10.0. The van der Waals surface area contributed by atoms with E-state index < -0.39 is 0 Å². The van der Waals surface area contributed by atoms with E-state index in [2.05, 4.69) is 12.6 Å². The molecule has 0 bridgehead atoms. The van der Waals surface area contributed by atoms with Gasteiger partial charge in [-0.15, -0.1) is 6.58 Å². The second kappa shape index (κ2) is 5.37. The van der Waals surface area contributed by atoms with Crippen molar-refractivity contribution in [3.05, 3.63) is 42.0 Å². The predicted molar refractivity (Wildman–Crippen MR) is 65.5 cm³/mol. The minimum atomic E-state index is 0.128. The van der Waals surface area contributed by atoms with E-state index in [1.165, 1.54) is 0 Å². The van der Waals surface area contributed by atoms with Crippen LogP contribution in [0.3, 0.4) is 0 Å². The van der Waals surface area contributed by atoms with E-state index >= 15 is 0 Å². The molecule has 1 unspecified atom stereocenters. The summed E-state index contributed by atoms with van der Waals surface area (Å²) >= 11 is 0. The largest absolute Gasteiger partial charge is 0.491 e. The monoisotopic (exact) mass is 215 g/mol. The lowest BCUT2D eigenvalue weighted by molar-refractivity contribution is 0.239. The zero-order chi connectivity index (χ0) is 12.1. The summed E-state index contributed by atoms with van der Waals surface area (Å²) < 4.78 is 5.71. The van der Waals surface area contributed by atoms with Gasteiger partial charge in [0.15, 0.2) is 0 Å². The molecular weight excluding hydrogens is 198 g/mol. The summed E-state index contributed by atoms with van der Waals surface area (Å²) in [6.07, 6.45) is 1.98. The van der Waals surface area contributed by atoms with Gasteiger partial charge in [0.2, 0.25) is 0 Å². The predicted octanol–water partition coefficient (Wildman–Crippen LogP) is 3.63. The molecular formula is C14H17NO. The van der Waals surface area contributed by atoms with Crippen LogP contribution in [0.15, 0.2) is 30.9 Å². The average molecular weight is 215 g/mol. The lowest BCUT2D eigenvalue weighted by Crippen LogP contribution is -2.08. The molecule has 0 aromatic heterocycles. The van der Waals surface area contributed by atoms with Crippen LogP contribution in [-0.4, -0.2) is 6.10 Å². The summed E-state index contributed by atoms with van der Waals surface area (Å²) in [4.78, 5) is 0. The molecule has 1 aromatic carbocycles. The molecule has 0 spiro atoms. The number of ether oxygens (including phenoxy) is 1. The maximum Gasteiger partial charge on any atom is 0.123 e. The van der Waals surface area contributed by atoms with Gasteiger partial charge in [-0.1, -0.05) is 13.0 Å². The number of allylic oxidation sites excluding steroid dienone is 1. The van der Waals surface area contributed by atoms with E-state index in [9.17, 15) is 0 Å². The van der Waals surface area contributed by atoms with Crippen LogP contribution in [0, 0.1) is 11.3 Å². The standard InChI is InChI=1S/C14H17NO/c1-5-11(4)13-8-12(9-15)6-7-14(13)16-10(2)3/h5-8,10-11H,1H2,2-4H3. The molecule has 0 saturated heterocycles. The molecule has 0 N–H and O–H groups in total. The Hall–Kier alpha value is -1.75. The summed E-state index contributed by atoms with van der Waals surface area (Å²) in [5.41, 5.74) is 1.67. The highest BCUT2D eigenvalue weighted by Gasteiger charge is 2.11. The Kier molecular flexibility index (Phi) is 4.13. The minimum absolute atomic E-state index is 0.128. The van der Waals surface area contributed by atoms with E-state index in [0.717, 1.165) is 11.3 Å². The second-order valence-electron chi connectivity index (χ2n) is 4.06. The first-order valence-electron chi connectivity index (χ1n) is 5.41. The number of nitrogens with zero attached hydrogens (tertiary/aromatic N) is 1. The highest BCUT2D eigenvalue weighted by molar-refractivity contribution is 5.45. The van der Waals surface area contributed by atoms with E-state index in [-0.39, 0.29) is 12.0 Å². The van der Waals surface area contributed by atoms with Gasteiger partial charge in [0.25, 0.3) is 0 Å². The van der Waals surface area contributed by atoms with Crippen LogP contribution < -0.4 is 4.74 Å². The van der Waals surface area contributed by atoms with Gasteiger partial charge in [-0.3, -0.25) is 0 Å².